The molecule has 1 unspecified atom stereocenters. The summed E-state index contributed by atoms with van der Waals surface area (Å²) in [5, 5.41) is 3.65. The third kappa shape index (κ3) is 2.56. The lowest BCUT2D eigenvalue weighted by Gasteiger charge is -2.30. The van der Waals surface area contributed by atoms with Crippen molar-refractivity contribution in [2.24, 2.45) is 0 Å². The van der Waals surface area contributed by atoms with Crippen LogP contribution in [0.1, 0.15) is 44.7 Å². The summed E-state index contributed by atoms with van der Waals surface area (Å²) in [6.07, 6.45) is 4.01. The maximum absolute atomic E-state index is 5.65. The van der Waals surface area contributed by atoms with Gasteiger partial charge in [0, 0.05) is 17.6 Å². The summed E-state index contributed by atoms with van der Waals surface area (Å²) in [7, 11) is 0. The van der Waals surface area contributed by atoms with E-state index in [9.17, 15) is 0 Å². The summed E-state index contributed by atoms with van der Waals surface area (Å²) in [5.74, 6) is 1.02. The Balaban J connectivity index is 2.04. The van der Waals surface area contributed by atoms with Gasteiger partial charge in [-0.3, -0.25) is 0 Å². The monoisotopic (exact) mass is 219 g/mol. The van der Waals surface area contributed by atoms with Gasteiger partial charge in [-0.25, -0.2) is 0 Å². The zero-order chi connectivity index (χ0) is 11.4. The molecule has 1 aliphatic carbocycles. The number of benzene rings is 1. The van der Waals surface area contributed by atoms with Crippen molar-refractivity contribution in [1.29, 1.82) is 0 Å². The van der Waals surface area contributed by atoms with E-state index in [0.29, 0.717) is 12.1 Å². The number of rotatable bonds is 5. The molecular formula is C14H21NO. The minimum Gasteiger partial charge on any atom is -0.494 e. The minimum atomic E-state index is 0.382. The highest BCUT2D eigenvalue weighted by molar-refractivity contribution is 5.35. The van der Waals surface area contributed by atoms with Crippen LogP contribution in [0, 0.1) is 0 Å². The van der Waals surface area contributed by atoms with Crippen molar-refractivity contribution >= 4 is 0 Å². The predicted molar refractivity (Wildman–Crippen MR) is 66.8 cm³/mol. The van der Waals surface area contributed by atoms with Crippen molar-refractivity contribution in [3.05, 3.63) is 29.8 Å². The molecule has 1 N–H and O–H groups in total. The lowest BCUT2D eigenvalue weighted by molar-refractivity contribution is 0.300. The Kier molecular flexibility index (Phi) is 3.83. The van der Waals surface area contributed by atoms with Crippen molar-refractivity contribution in [2.75, 3.05) is 6.61 Å². The Morgan fingerprint density at radius 2 is 2.12 bits per heavy atom. The minimum absolute atomic E-state index is 0.382. The average molecular weight is 219 g/mol. The van der Waals surface area contributed by atoms with Crippen LogP contribution in [0.3, 0.4) is 0 Å². The molecule has 2 nitrogen and oxygen atoms in total. The molecule has 1 saturated carbocycles. The van der Waals surface area contributed by atoms with Gasteiger partial charge in [0.2, 0.25) is 0 Å². The van der Waals surface area contributed by atoms with Crippen LogP contribution in [-0.2, 0) is 0 Å². The zero-order valence-electron chi connectivity index (χ0n) is 10.2. The SMILES string of the molecule is CCOc1ccccc1C(C)NC1CCC1. The van der Waals surface area contributed by atoms with Gasteiger partial charge in [-0.1, -0.05) is 24.6 Å². The molecule has 0 saturated heterocycles. The summed E-state index contributed by atoms with van der Waals surface area (Å²) in [6.45, 7) is 4.98. The molecule has 0 heterocycles. The summed E-state index contributed by atoms with van der Waals surface area (Å²) < 4.78 is 5.65. The summed E-state index contributed by atoms with van der Waals surface area (Å²) in [4.78, 5) is 0. The van der Waals surface area contributed by atoms with Gasteiger partial charge in [-0.15, -0.1) is 0 Å². The van der Waals surface area contributed by atoms with E-state index < -0.39 is 0 Å². The number of ether oxygens (including phenoxy) is 1. The molecule has 1 atom stereocenters. The average Bonchev–Trinajstić information content (AvgIpc) is 2.24. The molecule has 88 valence electrons. The van der Waals surface area contributed by atoms with E-state index in [0.717, 1.165) is 12.4 Å². The fraction of sp³-hybridized carbons (Fsp3) is 0.571. The highest BCUT2D eigenvalue weighted by Gasteiger charge is 2.20. The van der Waals surface area contributed by atoms with E-state index in [1.807, 2.05) is 13.0 Å². The first-order chi connectivity index (χ1) is 7.81. The Labute approximate surface area is 98.0 Å². The number of nitrogens with one attached hydrogen (secondary N) is 1. The molecule has 0 spiro atoms. The molecule has 1 fully saturated rings. The van der Waals surface area contributed by atoms with E-state index in [1.54, 1.807) is 0 Å². The standard InChI is InChI=1S/C14H21NO/c1-3-16-14-10-5-4-9-13(14)11(2)15-12-7-6-8-12/h4-5,9-12,15H,3,6-8H2,1-2H3. The maximum atomic E-state index is 5.65. The second-order valence-electron chi connectivity index (χ2n) is 4.49. The smallest absolute Gasteiger partial charge is 0.124 e. The zero-order valence-corrected chi connectivity index (χ0v) is 10.2. The Morgan fingerprint density at radius 3 is 2.75 bits per heavy atom. The lowest BCUT2D eigenvalue weighted by Crippen LogP contribution is -2.36. The van der Waals surface area contributed by atoms with Crippen LogP contribution in [0.4, 0.5) is 0 Å². The van der Waals surface area contributed by atoms with Crippen LogP contribution >= 0.6 is 0 Å². The van der Waals surface area contributed by atoms with Gasteiger partial charge in [0.25, 0.3) is 0 Å². The second-order valence-corrected chi connectivity index (χ2v) is 4.49. The Morgan fingerprint density at radius 1 is 1.38 bits per heavy atom. The van der Waals surface area contributed by atoms with Gasteiger partial charge in [0.1, 0.15) is 5.75 Å². The molecule has 16 heavy (non-hydrogen) atoms. The quantitative estimate of drug-likeness (QED) is 0.820. The molecule has 2 rings (SSSR count). The van der Waals surface area contributed by atoms with Gasteiger partial charge < -0.3 is 10.1 Å². The van der Waals surface area contributed by atoms with Crippen LogP contribution in [-0.4, -0.2) is 12.6 Å². The van der Waals surface area contributed by atoms with Crippen molar-refractivity contribution in [3.63, 3.8) is 0 Å². The van der Waals surface area contributed by atoms with Gasteiger partial charge in [-0.2, -0.15) is 0 Å². The predicted octanol–water partition coefficient (Wildman–Crippen LogP) is 3.29. The molecule has 2 heteroatoms. The number of hydrogen-bond donors (Lipinski definition) is 1. The molecule has 1 aliphatic rings. The largest absolute Gasteiger partial charge is 0.494 e. The van der Waals surface area contributed by atoms with Crippen LogP contribution in [0.2, 0.25) is 0 Å². The summed E-state index contributed by atoms with van der Waals surface area (Å²) >= 11 is 0. The number of para-hydroxylation sites is 1. The van der Waals surface area contributed by atoms with E-state index in [2.05, 4.69) is 30.4 Å². The molecule has 0 aliphatic heterocycles. The first-order valence-electron chi connectivity index (χ1n) is 6.29. The van der Waals surface area contributed by atoms with E-state index >= 15 is 0 Å². The van der Waals surface area contributed by atoms with Crippen molar-refractivity contribution in [1.82, 2.24) is 5.32 Å². The highest BCUT2D eigenvalue weighted by atomic mass is 16.5. The van der Waals surface area contributed by atoms with Crippen LogP contribution in [0.5, 0.6) is 5.75 Å². The van der Waals surface area contributed by atoms with Gasteiger partial charge in [0.05, 0.1) is 6.61 Å². The lowest BCUT2D eigenvalue weighted by atomic mass is 9.91. The Hall–Kier alpha value is -1.02. The highest BCUT2D eigenvalue weighted by Crippen LogP contribution is 2.28. The summed E-state index contributed by atoms with van der Waals surface area (Å²) in [5.41, 5.74) is 1.27. The van der Waals surface area contributed by atoms with Gasteiger partial charge >= 0.3 is 0 Å². The topological polar surface area (TPSA) is 21.3 Å². The molecule has 0 aromatic heterocycles. The molecular weight excluding hydrogens is 198 g/mol. The van der Waals surface area contributed by atoms with Crippen LogP contribution in [0.25, 0.3) is 0 Å². The number of hydrogen-bond acceptors (Lipinski definition) is 2. The second kappa shape index (κ2) is 5.35. The van der Waals surface area contributed by atoms with Crippen molar-refractivity contribution < 1.29 is 4.74 Å². The normalized spacial score (nSPS) is 17.9. The van der Waals surface area contributed by atoms with E-state index in [1.165, 1.54) is 24.8 Å². The van der Waals surface area contributed by atoms with Gasteiger partial charge in [-0.05, 0) is 32.8 Å². The third-order valence-electron chi connectivity index (χ3n) is 3.28. The van der Waals surface area contributed by atoms with Crippen LogP contribution in [0.15, 0.2) is 24.3 Å². The van der Waals surface area contributed by atoms with Crippen molar-refractivity contribution in [2.45, 2.75) is 45.2 Å². The van der Waals surface area contributed by atoms with E-state index in [-0.39, 0.29) is 0 Å². The molecule has 1 aromatic rings. The Bertz CT molecular complexity index is 333. The molecule has 0 amide bonds. The third-order valence-corrected chi connectivity index (χ3v) is 3.28. The van der Waals surface area contributed by atoms with Gasteiger partial charge in [0.15, 0.2) is 0 Å². The fourth-order valence-electron chi connectivity index (χ4n) is 2.14. The first kappa shape index (κ1) is 11.5. The van der Waals surface area contributed by atoms with Crippen molar-refractivity contribution in [3.8, 4) is 5.75 Å². The maximum Gasteiger partial charge on any atom is 0.124 e. The fourth-order valence-corrected chi connectivity index (χ4v) is 2.14. The molecule has 1 aromatic carbocycles. The molecule has 0 bridgehead atoms. The van der Waals surface area contributed by atoms with Crippen LogP contribution < -0.4 is 10.1 Å². The molecule has 0 radical (unpaired) electrons. The summed E-state index contributed by atoms with van der Waals surface area (Å²) in [6, 6.07) is 9.42. The first-order valence-corrected chi connectivity index (χ1v) is 6.29. The van der Waals surface area contributed by atoms with E-state index in [4.69, 9.17) is 4.74 Å².